The number of carbonyl (C=O) groups is 1. The lowest BCUT2D eigenvalue weighted by molar-refractivity contribution is -0.640. The normalized spacial score (nSPS) is 29.4. The summed E-state index contributed by atoms with van der Waals surface area (Å²) in [5.41, 5.74) is 1.11. The summed E-state index contributed by atoms with van der Waals surface area (Å²) in [4.78, 5) is 16.4. The first-order valence-corrected chi connectivity index (χ1v) is 15.1. The first-order valence-electron chi connectivity index (χ1n) is 15.1. The molecule has 4 aliphatic rings. The van der Waals surface area contributed by atoms with E-state index in [1.165, 1.54) is 12.1 Å². The largest absolute Gasteiger partial charge is 0.484 e. The molecule has 3 heterocycles. The van der Waals surface area contributed by atoms with Crippen molar-refractivity contribution in [2.75, 3.05) is 32.8 Å². The average molecular weight is 612 g/mol. The Labute approximate surface area is 246 Å². The van der Waals surface area contributed by atoms with Crippen LogP contribution >= 0.6 is 0 Å². The van der Waals surface area contributed by atoms with E-state index >= 15 is 0 Å². The van der Waals surface area contributed by atoms with Crippen molar-refractivity contribution >= 4 is 5.91 Å². The van der Waals surface area contributed by atoms with Gasteiger partial charge in [-0.05, 0) is 60.8 Å². The minimum absolute atomic E-state index is 0.0823. The molecule has 1 saturated carbocycles. The van der Waals surface area contributed by atoms with Gasteiger partial charge in [0.2, 0.25) is 11.8 Å². The van der Waals surface area contributed by atoms with Crippen molar-refractivity contribution in [2.45, 2.75) is 74.6 Å². The average Bonchev–Trinajstić information content (AvgIpc) is 3.39. The predicted molar refractivity (Wildman–Crippen MR) is 145 cm³/mol. The maximum atomic E-state index is 14.8. The highest BCUT2D eigenvalue weighted by Crippen LogP contribution is 2.47. The van der Waals surface area contributed by atoms with Crippen LogP contribution in [-0.4, -0.2) is 61.8 Å². The molecule has 3 aliphatic heterocycles. The molecular weight excluding hydrogens is 574 g/mol. The Morgan fingerprint density at radius 3 is 2.58 bits per heavy atom. The molecule has 43 heavy (non-hydrogen) atoms. The summed E-state index contributed by atoms with van der Waals surface area (Å²) in [6, 6.07) is 11.3. The van der Waals surface area contributed by atoms with E-state index in [4.69, 9.17) is 9.47 Å². The molecule has 2 aromatic rings. The number of nitrogens with zero attached hydrogens (tertiary/aromatic N) is 1. The quantitative estimate of drug-likeness (QED) is 0.466. The van der Waals surface area contributed by atoms with Gasteiger partial charge in [0.05, 0.1) is 31.7 Å². The first-order chi connectivity index (χ1) is 20.5. The molecule has 11 heteroatoms. The molecule has 0 aromatic heterocycles. The van der Waals surface area contributed by atoms with Gasteiger partial charge in [-0.15, -0.1) is 0 Å². The Kier molecular flexibility index (Phi) is 8.17. The van der Waals surface area contributed by atoms with Crippen LogP contribution in [0.4, 0.5) is 26.3 Å². The number of hydrogen-bond donors (Lipinski definition) is 1. The second-order valence-electron chi connectivity index (χ2n) is 12.7. The van der Waals surface area contributed by atoms with E-state index in [2.05, 4.69) is 0 Å². The zero-order valence-electron chi connectivity index (χ0n) is 23.9. The molecule has 4 atom stereocenters. The number of rotatable bonds is 5. The molecule has 1 aliphatic carbocycles. The highest BCUT2D eigenvalue weighted by Gasteiger charge is 2.56. The van der Waals surface area contributed by atoms with E-state index in [-0.39, 0.29) is 61.4 Å². The van der Waals surface area contributed by atoms with Gasteiger partial charge in [-0.2, -0.15) is 13.2 Å². The van der Waals surface area contributed by atoms with Crippen molar-refractivity contribution in [3.8, 4) is 5.75 Å². The Morgan fingerprint density at radius 1 is 1.07 bits per heavy atom. The fourth-order valence-electron chi connectivity index (χ4n) is 8.01. The maximum Gasteiger partial charge on any atom is 0.422 e. The van der Waals surface area contributed by atoms with Crippen LogP contribution in [0.3, 0.4) is 0 Å². The number of amides is 1. The Hall–Kier alpha value is -2.79. The van der Waals surface area contributed by atoms with Crippen LogP contribution in [-0.2, 0) is 21.6 Å². The van der Waals surface area contributed by atoms with E-state index < -0.39 is 30.0 Å². The lowest BCUT2D eigenvalue weighted by atomic mass is 9.68. The maximum absolute atomic E-state index is 14.8. The van der Waals surface area contributed by atoms with Crippen LogP contribution in [0.5, 0.6) is 5.75 Å². The number of halogens is 6. The number of benzene rings is 2. The highest BCUT2D eigenvalue weighted by molar-refractivity contribution is 5.82. The minimum atomic E-state index is -4.50. The molecule has 3 fully saturated rings. The SMILES string of the molecule is O=C([C@@H]1C[NH2+]C[C@]12COCc1c(OCC(F)(F)F)cccc12)N1CC[C@@H](c2ccccc2F)C[C@H]1C1CCC(F)(F)CC1. The van der Waals surface area contributed by atoms with Gasteiger partial charge in [0, 0.05) is 31.0 Å². The molecular formula is C32H37F6N2O3+. The molecule has 0 radical (unpaired) electrons. The summed E-state index contributed by atoms with van der Waals surface area (Å²) in [6.07, 6.45) is -3.33. The zero-order valence-corrected chi connectivity index (χ0v) is 23.9. The van der Waals surface area contributed by atoms with Gasteiger partial charge >= 0.3 is 6.18 Å². The van der Waals surface area contributed by atoms with Crippen molar-refractivity contribution in [1.82, 2.24) is 4.90 Å². The summed E-state index contributed by atoms with van der Waals surface area (Å²) >= 11 is 0. The first kappa shape index (κ1) is 30.2. The number of fused-ring (bicyclic) bond motifs is 2. The molecule has 1 spiro atoms. The fourth-order valence-corrected chi connectivity index (χ4v) is 8.01. The third-order valence-corrected chi connectivity index (χ3v) is 10.1. The van der Waals surface area contributed by atoms with Crippen molar-refractivity contribution in [1.29, 1.82) is 0 Å². The summed E-state index contributed by atoms with van der Waals surface area (Å²) in [6.45, 7) is 0.262. The molecule has 2 aromatic carbocycles. The smallest absolute Gasteiger partial charge is 0.422 e. The lowest BCUT2D eigenvalue weighted by Crippen LogP contribution is -2.82. The molecule has 2 saturated heterocycles. The predicted octanol–water partition coefficient (Wildman–Crippen LogP) is 5.33. The van der Waals surface area contributed by atoms with Gasteiger partial charge < -0.3 is 19.7 Å². The number of carbonyl (C=O) groups excluding carboxylic acids is 1. The van der Waals surface area contributed by atoms with Crippen molar-refractivity contribution in [2.24, 2.45) is 11.8 Å². The number of nitrogens with two attached hydrogens (primary N) is 1. The number of hydrogen-bond acceptors (Lipinski definition) is 3. The molecule has 1 amide bonds. The number of quaternary nitrogens is 1. The summed E-state index contributed by atoms with van der Waals surface area (Å²) in [7, 11) is 0. The molecule has 2 N–H and O–H groups in total. The minimum Gasteiger partial charge on any atom is -0.484 e. The van der Waals surface area contributed by atoms with Gasteiger partial charge in [-0.25, -0.2) is 13.2 Å². The summed E-state index contributed by atoms with van der Waals surface area (Å²) < 4.78 is 93.1. The third kappa shape index (κ3) is 5.99. The Morgan fingerprint density at radius 2 is 1.84 bits per heavy atom. The highest BCUT2D eigenvalue weighted by atomic mass is 19.4. The van der Waals surface area contributed by atoms with Gasteiger partial charge in [-0.1, -0.05) is 30.3 Å². The van der Waals surface area contributed by atoms with Crippen LogP contribution in [0, 0.1) is 17.7 Å². The van der Waals surface area contributed by atoms with E-state index in [9.17, 15) is 31.1 Å². The topological polar surface area (TPSA) is 55.4 Å². The molecule has 0 bridgehead atoms. The van der Waals surface area contributed by atoms with Crippen LogP contribution in [0.2, 0.25) is 0 Å². The van der Waals surface area contributed by atoms with Crippen molar-refractivity contribution in [3.63, 3.8) is 0 Å². The standard InChI is InChI=1S/C32H36F6N2O3/c33-26-6-2-1-4-22(26)21-10-13-40(27(14-21)20-8-11-31(34,35)12-9-20)29(41)25-15-39-17-30(25)18-42-16-23-24(30)5-3-7-28(23)43-19-32(36,37)38/h1-7,20-21,25,27,39H,8-19H2/p+1/t21-,25+,27+,30-/m1/s1. The fraction of sp³-hybridized carbons (Fsp3) is 0.594. The van der Waals surface area contributed by atoms with Crippen LogP contribution < -0.4 is 10.1 Å². The second-order valence-corrected chi connectivity index (χ2v) is 12.7. The Balaban J connectivity index is 1.30. The number of alkyl halides is 5. The second kappa shape index (κ2) is 11.6. The molecule has 0 unspecified atom stereocenters. The van der Waals surface area contributed by atoms with Gasteiger partial charge in [0.1, 0.15) is 17.5 Å². The van der Waals surface area contributed by atoms with E-state index in [0.717, 1.165) is 5.56 Å². The molecule has 5 nitrogen and oxygen atoms in total. The Bertz CT molecular complexity index is 1330. The lowest BCUT2D eigenvalue weighted by Gasteiger charge is -2.47. The van der Waals surface area contributed by atoms with E-state index in [1.807, 2.05) is 16.3 Å². The summed E-state index contributed by atoms with van der Waals surface area (Å²) in [5.74, 6) is -3.80. The number of likely N-dealkylation sites (tertiary alicyclic amines) is 1. The van der Waals surface area contributed by atoms with Gasteiger partial charge in [-0.3, -0.25) is 4.79 Å². The van der Waals surface area contributed by atoms with E-state index in [0.29, 0.717) is 56.4 Å². The number of ether oxygens (including phenoxy) is 2. The zero-order chi connectivity index (χ0) is 30.4. The third-order valence-electron chi connectivity index (χ3n) is 10.1. The number of piperidine rings is 1. The summed E-state index contributed by atoms with van der Waals surface area (Å²) in [5, 5.41) is 2.03. The van der Waals surface area contributed by atoms with Crippen LogP contribution in [0.1, 0.15) is 61.1 Å². The van der Waals surface area contributed by atoms with Crippen molar-refractivity contribution < 1.29 is 45.9 Å². The van der Waals surface area contributed by atoms with E-state index in [1.54, 1.807) is 24.3 Å². The van der Waals surface area contributed by atoms with Crippen molar-refractivity contribution in [3.05, 3.63) is 65.0 Å². The van der Waals surface area contributed by atoms with Gasteiger partial charge in [0.25, 0.3) is 0 Å². The van der Waals surface area contributed by atoms with Crippen LogP contribution in [0.25, 0.3) is 0 Å². The van der Waals surface area contributed by atoms with Crippen LogP contribution in [0.15, 0.2) is 42.5 Å². The van der Waals surface area contributed by atoms with Gasteiger partial charge in [0.15, 0.2) is 6.61 Å². The monoisotopic (exact) mass is 611 g/mol. The molecule has 234 valence electrons. The molecule has 6 rings (SSSR count).